The monoisotopic (exact) mass is 477 g/mol. The van der Waals surface area contributed by atoms with Crippen LogP contribution in [0.4, 0.5) is 11.4 Å². The molecule has 170 valence electrons. The minimum atomic E-state index is -3.85. The van der Waals surface area contributed by atoms with Gasteiger partial charge >= 0.3 is 0 Å². The van der Waals surface area contributed by atoms with Gasteiger partial charge in [-0.2, -0.15) is 4.31 Å². The third-order valence-electron chi connectivity index (χ3n) is 5.73. The van der Waals surface area contributed by atoms with Gasteiger partial charge in [0, 0.05) is 29.9 Å². The fraction of sp³-hybridized carbons (Fsp3) is 0.364. The number of hydrogen-bond acceptors (Lipinski definition) is 5. The first-order valence-electron chi connectivity index (χ1n) is 10.3. The van der Waals surface area contributed by atoms with Crippen LogP contribution < -0.4 is 15.4 Å². The third-order valence-corrected chi connectivity index (χ3v) is 7.97. The molecule has 2 aromatic carbocycles. The Morgan fingerprint density at radius 2 is 2.00 bits per heavy atom. The number of carbonyl (C=O) groups is 2. The predicted octanol–water partition coefficient (Wildman–Crippen LogP) is 3.33. The van der Waals surface area contributed by atoms with Crippen molar-refractivity contribution in [3.8, 4) is 5.75 Å². The van der Waals surface area contributed by atoms with Crippen molar-refractivity contribution in [2.75, 3.05) is 30.3 Å². The van der Waals surface area contributed by atoms with Crippen LogP contribution in [0.2, 0.25) is 5.02 Å². The second-order valence-corrected chi connectivity index (χ2v) is 10.4. The predicted molar refractivity (Wildman–Crippen MR) is 122 cm³/mol. The van der Waals surface area contributed by atoms with Crippen molar-refractivity contribution in [2.24, 2.45) is 5.92 Å². The zero-order valence-electron chi connectivity index (χ0n) is 17.8. The number of nitrogens with one attached hydrogen (secondary N) is 2. The highest BCUT2D eigenvalue weighted by Gasteiger charge is 2.35. The first kappa shape index (κ1) is 22.6. The number of aryl methyl sites for hydroxylation is 2. The van der Waals surface area contributed by atoms with Crippen LogP contribution in [0.5, 0.6) is 5.75 Å². The molecule has 0 bridgehead atoms. The molecule has 4 rings (SSSR count). The molecule has 1 atom stereocenters. The van der Waals surface area contributed by atoms with Crippen molar-refractivity contribution in [2.45, 2.75) is 31.6 Å². The van der Waals surface area contributed by atoms with Crippen molar-refractivity contribution >= 4 is 44.8 Å². The zero-order valence-corrected chi connectivity index (χ0v) is 19.3. The number of benzene rings is 2. The Morgan fingerprint density at radius 1 is 1.22 bits per heavy atom. The van der Waals surface area contributed by atoms with Crippen LogP contribution in [-0.4, -0.2) is 44.2 Å². The van der Waals surface area contributed by atoms with Gasteiger partial charge in [-0.1, -0.05) is 11.6 Å². The number of halogens is 1. The minimum Gasteiger partial charge on any atom is -0.482 e. The van der Waals surface area contributed by atoms with Crippen LogP contribution >= 0.6 is 11.6 Å². The SMILES string of the molecule is Cc1cc(Cl)ccc1NC(=O)C1CCCN(S(=O)(=O)c2cc3c(cc2C)NC(=O)CO3)C1. The summed E-state index contributed by atoms with van der Waals surface area (Å²) in [6, 6.07) is 8.24. The Balaban J connectivity index is 1.53. The van der Waals surface area contributed by atoms with E-state index in [0.717, 1.165) is 5.56 Å². The number of carbonyl (C=O) groups excluding carboxylic acids is 2. The molecule has 1 fully saturated rings. The van der Waals surface area contributed by atoms with E-state index < -0.39 is 15.9 Å². The highest BCUT2D eigenvalue weighted by atomic mass is 35.5. The van der Waals surface area contributed by atoms with Crippen LogP contribution in [0.3, 0.4) is 0 Å². The molecule has 0 radical (unpaired) electrons. The molecule has 8 nitrogen and oxygen atoms in total. The quantitative estimate of drug-likeness (QED) is 0.702. The van der Waals surface area contributed by atoms with E-state index >= 15 is 0 Å². The molecule has 2 amide bonds. The highest BCUT2D eigenvalue weighted by molar-refractivity contribution is 7.89. The largest absolute Gasteiger partial charge is 0.482 e. The number of amides is 2. The lowest BCUT2D eigenvalue weighted by molar-refractivity contribution is -0.121. The molecule has 2 aromatic rings. The highest BCUT2D eigenvalue weighted by Crippen LogP contribution is 2.35. The molecule has 1 saturated heterocycles. The summed E-state index contributed by atoms with van der Waals surface area (Å²) in [5.41, 5.74) is 2.44. The van der Waals surface area contributed by atoms with E-state index in [1.165, 1.54) is 10.4 Å². The minimum absolute atomic E-state index is 0.0922. The first-order chi connectivity index (χ1) is 15.1. The Kier molecular flexibility index (Phi) is 6.15. The van der Waals surface area contributed by atoms with Crippen LogP contribution in [0.15, 0.2) is 35.2 Å². The summed E-state index contributed by atoms with van der Waals surface area (Å²) in [7, 11) is -3.85. The van der Waals surface area contributed by atoms with Gasteiger partial charge in [-0.15, -0.1) is 0 Å². The van der Waals surface area contributed by atoms with Gasteiger partial charge in [-0.3, -0.25) is 9.59 Å². The molecule has 1 unspecified atom stereocenters. The van der Waals surface area contributed by atoms with Crippen LogP contribution in [0.1, 0.15) is 24.0 Å². The van der Waals surface area contributed by atoms with Crippen LogP contribution in [0, 0.1) is 19.8 Å². The molecule has 0 saturated carbocycles. The van der Waals surface area contributed by atoms with E-state index in [1.54, 1.807) is 31.2 Å². The number of sulfonamides is 1. The summed E-state index contributed by atoms with van der Waals surface area (Å²) in [5.74, 6) is -0.655. The van der Waals surface area contributed by atoms with Gasteiger partial charge in [0.25, 0.3) is 5.91 Å². The van der Waals surface area contributed by atoms with E-state index in [1.807, 2.05) is 6.92 Å². The number of nitrogens with zero attached hydrogens (tertiary/aromatic N) is 1. The summed E-state index contributed by atoms with van der Waals surface area (Å²) in [6.45, 7) is 3.79. The Bertz CT molecular complexity index is 1200. The summed E-state index contributed by atoms with van der Waals surface area (Å²) >= 11 is 5.98. The molecule has 0 aliphatic carbocycles. The molecule has 32 heavy (non-hydrogen) atoms. The number of fused-ring (bicyclic) bond motifs is 1. The summed E-state index contributed by atoms with van der Waals surface area (Å²) in [5, 5.41) is 6.16. The van der Waals surface area contributed by atoms with Gasteiger partial charge in [-0.05, 0) is 62.1 Å². The van der Waals surface area contributed by atoms with Gasteiger partial charge in [0.2, 0.25) is 15.9 Å². The number of hydrogen-bond donors (Lipinski definition) is 2. The fourth-order valence-electron chi connectivity index (χ4n) is 4.01. The van der Waals surface area contributed by atoms with E-state index in [-0.39, 0.29) is 29.9 Å². The number of piperidine rings is 1. The molecule has 2 heterocycles. The Labute approximate surface area is 191 Å². The molecule has 2 aliphatic rings. The van der Waals surface area contributed by atoms with E-state index in [4.69, 9.17) is 16.3 Å². The van der Waals surface area contributed by atoms with Gasteiger partial charge in [0.05, 0.1) is 16.5 Å². The van der Waals surface area contributed by atoms with Crippen molar-refractivity contribution in [3.63, 3.8) is 0 Å². The van der Waals surface area contributed by atoms with Gasteiger partial charge in [-0.25, -0.2) is 8.42 Å². The summed E-state index contributed by atoms with van der Waals surface area (Å²) < 4.78 is 33.6. The number of rotatable bonds is 4. The lowest BCUT2D eigenvalue weighted by atomic mass is 9.98. The second-order valence-electron chi connectivity index (χ2n) is 8.10. The first-order valence-corrected chi connectivity index (χ1v) is 12.1. The lowest BCUT2D eigenvalue weighted by Crippen LogP contribution is -2.44. The Morgan fingerprint density at radius 3 is 2.75 bits per heavy atom. The maximum absolute atomic E-state index is 13.4. The van der Waals surface area contributed by atoms with Crippen molar-refractivity contribution < 1.29 is 22.7 Å². The maximum atomic E-state index is 13.4. The normalized spacial score (nSPS) is 19.0. The van der Waals surface area contributed by atoms with Gasteiger partial charge in [0.15, 0.2) is 6.61 Å². The molecule has 10 heteroatoms. The lowest BCUT2D eigenvalue weighted by Gasteiger charge is -2.32. The fourth-order valence-corrected chi connectivity index (χ4v) is 5.98. The van der Waals surface area contributed by atoms with E-state index in [2.05, 4.69) is 10.6 Å². The van der Waals surface area contributed by atoms with Crippen molar-refractivity contribution in [1.29, 1.82) is 0 Å². The van der Waals surface area contributed by atoms with Gasteiger partial charge < -0.3 is 15.4 Å². The molecular weight excluding hydrogens is 454 g/mol. The molecule has 0 spiro atoms. The smallest absolute Gasteiger partial charge is 0.262 e. The summed E-state index contributed by atoms with van der Waals surface area (Å²) in [6.07, 6.45) is 1.18. The van der Waals surface area contributed by atoms with Gasteiger partial charge in [0.1, 0.15) is 5.75 Å². The van der Waals surface area contributed by atoms with E-state index in [9.17, 15) is 18.0 Å². The number of anilines is 2. The molecule has 2 N–H and O–H groups in total. The van der Waals surface area contributed by atoms with Crippen molar-refractivity contribution in [1.82, 2.24) is 4.31 Å². The molecule has 2 aliphatic heterocycles. The third kappa shape index (κ3) is 4.46. The maximum Gasteiger partial charge on any atom is 0.262 e. The average Bonchev–Trinajstić information content (AvgIpc) is 2.75. The standard InChI is InChI=1S/C22H24ClN3O5S/c1-13-8-16(23)5-6-17(13)25-22(28)15-4-3-7-26(11-15)32(29,30)20-10-19-18(9-14(20)2)24-21(27)12-31-19/h5-6,8-10,15H,3-4,7,11-12H2,1-2H3,(H,24,27)(H,25,28). The Hall–Kier alpha value is -2.62. The molecular formula is C22H24ClN3O5S. The van der Waals surface area contributed by atoms with Crippen LogP contribution in [-0.2, 0) is 19.6 Å². The number of ether oxygens (including phenoxy) is 1. The second kappa shape index (κ2) is 8.73. The summed E-state index contributed by atoms with van der Waals surface area (Å²) in [4.78, 5) is 24.5. The topological polar surface area (TPSA) is 105 Å². The van der Waals surface area contributed by atoms with E-state index in [0.29, 0.717) is 47.1 Å². The van der Waals surface area contributed by atoms with Crippen molar-refractivity contribution in [3.05, 3.63) is 46.5 Å². The van der Waals surface area contributed by atoms with Crippen LogP contribution in [0.25, 0.3) is 0 Å². The zero-order chi connectivity index (χ0) is 23.0. The molecule has 0 aromatic heterocycles. The average molecular weight is 478 g/mol.